The highest BCUT2D eigenvalue weighted by Crippen LogP contribution is 2.06. The molecule has 1 rings (SSSR count). The Kier molecular flexibility index (Phi) is 5.45. The lowest BCUT2D eigenvalue weighted by Crippen LogP contribution is -2.48. The first-order valence-corrected chi connectivity index (χ1v) is 5.82. The van der Waals surface area contributed by atoms with E-state index >= 15 is 0 Å². The Hall–Kier alpha value is -0.120. The first kappa shape index (κ1) is 12.0. The van der Waals surface area contributed by atoms with Gasteiger partial charge in [-0.3, -0.25) is 4.90 Å². The van der Waals surface area contributed by atoms with Crippen molar-refractivity contribution in [3.05, 3.63) is 0 Å². The molecule has 1 atom stereocenters. The molecular weight excluding hydrogens is 174 g/mol. The molecule has 0 amide bonds. The number of likely N-dealkylation sites (N-methyl/N-ethyl adjacent to an activating group) is 1. The Morgan fingerprint density at radius 2 is 1.93 bits per heavy atom. The predicted molar refractivity (Wildman–Crippen MR) is 61.6 cm³/mol. The summed E-state index contributed by atoms with van der Waals surface area (Å²) in [6.45, 7) is 10.5. The third-order valence-electron chi connectivity index (χ3n) is 2.85. The molecular formula is C11H25N3. The van der Waals surface area contributed by atoms with E-state index < -0.39 is 0 Å². The standard InChI is InChI=1S/C11H25N3/c1-10(2)8-11(12-3)9-14-6-4-13-5-7-14/h10-13H,4-9H2,1-3H3. The van der Waals surface area contributed by atoms with Crippen LogP contribution in [-0.4, -0.2) is 50.7 Å². The lowest BCUT2D eigenvalue weighted by atomic mass is 10.0. The van der Waals surface area contributed by atoms with Crippen molar-refractivity contribution in [2.75, 3.05) is 39.8 Å². The van der Waals surface area contributed by atoms with Gasteiger partial charge < -0.3 is 10.6 Å². The van der Waals surface area contributed by atoms with E-state index in [0.717, 1.165) is 19.0 Å². The van der Waals surface area contributed by atoms with Crippen LogP contribution in [0.1, 0.15) is 20.3 Å². The minimum Gasteiger partial charge on any atom is -0.316 e. The molecule has 0 aromatic rings. The van der Waals surface area contributed by atoms with Crippen molar-refractivity contribution in [2.45, 2.75) is 26.3 Å². The molecule has 1 saturated heterocycles. The number of hydrogen-bond donors (Lipinski definition) is 2. The van der Waals surface area contributed by atoms with E-state index in [1.807, 2.05) is 0 Å². The van der Waals surface area contributed by atoms with Gasteiger partial charge in [0.2, 0.25) is 0 Å². The van der Waals surface area contributed by atoms with Gasteiger partial charge in [0, 0.05) is 38.8 Å². The highest BCUT2D eigenvalue weighted by Gasteiger charge is 2.15. The highest BCUT2D eigenvalue weighted by atomic mass is 15.2. The van der Waals surface area contributed by atoms with Crippen molar-refractivity contribution >= 4 is 0 Å². The normalized spacial score (nSPS) is 21.4. The van der Waals surface area contributed by atoms with Gasteiger partial charge in [0.25, 0.3) is 0 Å². The van der Waals surface area contributed by atoms with Gasteiger partial charge in [0.05, 0.1) is 0 Å². The zero-order chi connectivity index (χ0) is 10.4. The molecule has 0 bridgehead atoms. The fourth-order valence-corrected chi connectivity index (χ4v) is 2.06. The Labute approximate surface area is 88.2 Å². The van der Waals surface area contributed by atoms with Gasteiger partial charge in [0.1, 0.15) is 0 Å². The molecule has 1 aliphatic heterocycles. The van der Waals surface area contributed by atoms with E-state index in [1.165, 1.54) is 26.1 Å². The second-order valence-electron chi connectivity index (χ2n) is 4.67. The minimum atomic E-state index is 0.660. The molecule has 3 heteroatoms. The molecule has 3 nitrogen and oxygen atoms in total. The van der Waals surface area contributed by atoms with Gasteiger partial charge >= 0.3 is 0 Å². The molecule has 1 heterocycles. The quantitative estimate of drug-likeness (QED) is 0.676. The molecule has 0 aromatic carbocycles. The lowest BCUT2D eigenvalue weighted by Gasteiger charge is -2.31. The zero-order valence-electron chi connectivity index (χ0n) is 9.84. The number of nitrogens with zero attached hydrogens (tertiary/aromatic N) is 1. The Balaban J connectivity index is 2.23. The first-order chi connectivity index (χ1) is 6.72. The summed E-state index contributed by atoms with van der Waals surface area (Å²) in [6.07, 6.45) is 1.28. The maximum absolute atomic E-state index is 3.42. The van der Waals surface area contributed by atoms with Crippen LogP contribution in [0.25, 0.3) is 0 Å². The molecule has 1 fully saturated rings. The number of rotatable bonds is 5. The highest BCUT2D eigenvalue weighted by molar-refractivity contribution is 4.75. The van der Waals surface area contributed by atoms with Crippen LogP contribution in [0.4, 0.5) is 0 Å². The monoisotopic (exact) mass is 199 g/mol. The molecule has 1 unspecified atom stereocenters. The molecule has 1 aliphatic rings. The first-order valence-electron chi connectivity index (χ1n) is 5.82. The molecule has 0 saturated carbocycles. The maximum Gasteiger partial charge on any atom is 0.0194 e. The summed E-state index contributed by atoms with van der Waals surface area (Å²) in [6, 6.07) is 0.660. The van der Waals surface area contributed by atoms with Crippen molar-refractivity contribution in [3.63, 3.8) is 0 Å². The van der Waals surface area contributed by atoms with Crippen molar-refractivity contribution in [3.8, 4) is 0 Å². The fraction of sp³-hybridized carbons (Fsp3) is 1.00. The summed E-state index contributed by atoms with van der Waals surface area (Å²) >= 11 is 0. The topological polar surface area (TPSA) is 27.3 Å². The summed E-state index contributed by atoms with van der Waals surface area (Å²) in [5.74, 6) is 0.787. The van der Waals surface area contributed by atoms with Gasteiger partial charge in [-0.1, -0.05) is 13.8 Å². The predicted octanol–water partition coefficient (Wildman–Crippen LogP) is 0.526. The number of nitrogens with one attached hydrogen (secondary N) is 2. The maximum atomic E-state index is 3.42. The van der Waals surface area contributed by atoms with Gasteiger partial charge in [-0.05, 0) is 19.4 Å². The second-order valence-corrected chi connectivity index (χ2v) is 4.67. The summed E-state index contributed by atoms with van der Waals surface area (Å²) < 4.78 is 0. The van der Waals surface area contributed by atoms with Crippen molar-refractivity contribution < 1.29 is 0 Å². The summed E-state index contributed by atoms with van der Waals surface area (Å²) in [5, 5.41) is 6.80. The van der Waals surface area contributed by atoms with Gasteiger partial charge in [0.15, 0.2) is 0 Å². The van der Waals surface area contributed by atoms with Crippen LogP contribution in [0, 0.1) is 5.92 Å². The molecule has 0 radical (unpaired) electrons. The Morgan fingerprint density at radius 3 is 2.43 bits per heavy atom. The van der Waals surface area contributed by atoms with Gasteiger partial charge in [-0.2, -0.15) is 0 Å². The van der Waals surface area contributed by atoms with Crippen molar-refractivity contribution in [1.29, 1.82) is 0 Å². The molecule has 0 spiro atoms. The fourth-order valence-electron chi connectivity index (χ4n) is 2.06. The zero-order valence-corrected chi connectivity index (χ0v) is 9.84. The van der Waals surface area contributed by atoms with Crippen molar-refractivity contribution in [2.24, 2.45) is 5.92 Å². The minimum absolute atomic E-state index is 0.660. The van der Waals surface area contributed by atoms with Crippen LogP contribution in [0.3, 0.4) is 0 Å². The molecule has 2 N–H and O–H groups in total. The summed E-state index contributed by atoms with van der Waals surface area (Å²) in [4.78, 5) is 2.56. The third kappa shape index (κ3) is 4.40. The Morgan fingerprint density at radius 1 is 1.29 bits per heavy atom. The summed E-state index contributed by atoms with van der Waals surface area (Å²) in [5.41, 5.74) is 0. The SMILES string of the molecule is CNC(CC(C)C)CN1CCNCC1. The summed E-state index contributed by atoms with van der Waals surface area (Å²) in [7, 11) is 2.08. The van der Waals surface area contributed by atoms with Gasteiger partial charge in [-0.25, -0.2) is 0 Å². The molecule has 0 aromatic heterocycles. The van der Waals surface area contributed by atoms with Crippen LogP contribution >= 0.6 is 0 Å². The van der Waals surface area contributed by atoms with Crippen LogP contribution in [0.5, 0.6) is 0 Å². The number of piperazine rings is 1. The third-order valence-corrected chi connectivity index (χ3v) is 2.85. The largest absolute Gasteiger partial charge is 0.316 e. The van der Waals surface area contributed by atoms with E-state index in [0.29, 0.717) is 6.04 Å². The van der Waals surface area contributed by atoms with Crippen LogP contribution in [-0.2, 0) is 0 Å². The van der Waals surface area contributed by atoms with E-state index in [-0.39, 0.29) is 0 Å². The van der Waals surface area contributed by atoms with Crippen LogP contribution in [0.15, 0.2) is 0 Å². The average Bonchev–Trinajstić information content (AvgIpc) is 2.17. The molecule has 84 valence electrons. The lowest BCUT2D eigenvalue weighted by molar-refractivity contribution is 0.209. The molecule has 0 aliphatic carbocycles. The average molecular weight is 199 g/mol. The van der Waals surface area contributed by atoms with E-state index in [2.05, 4.69) is 36.4 Å². The number of hydrogen-bond acceptors (Lipinski definition) is 3. The smallest absolute Gasteiger partial charge is 0.0194 e. The van der Waals surface area contributed by atoms with Crippen molar-refractivity contribution in [1.82, 2.24) is 15.5 Å². The van der Waals surface area contributed by atoms with E-state index in [9.17, 15) is 0 Å². The van der Waals surface area contributed by atoms with E-state index in [4.69, 9.17) is 0 Å². The second kappa shape index (κ2) is 6.38. The van der Waals surface area contributed by atoms with Gasteiger partial charge in [-0.15, -0.1) is 0 Å². The van der Waals surface area contributed by atoms with Crippen LogP contribution in [0.2, 0.25) is 0 Å². The Bertz CT molecular complexity index is 141. The van der Waals surface area contributed by atoms with E-state index in [1.54, 1.807) is 0 Å². The van der Waals surface area contributed by atoms with Crippen LogP contribution < -0.4 is 10.6 Å². The molecule has 14 heavy (non-hydrogen) atoms.